The van der Waals surface area contributed by atoms with Gasteiger partial charge in [-0.25, -0.2) is 4.98 Å². The SMILES string of the molecule is CC(O)c1nc2cc([N+](=O)[O-])ccc2n1C(C)(C)C. The zero-order chi connectivity index (χ0) is 14.4. The van der Waals surface area contributed by atoms with Crippen molar-refractivity contribution in [3.05, 3.63) is 34.1 Å². The van der Waals surface area contributed by atoms with E-state index in [0.717, 1.165) is 5.52 Å². The highest BCUT2D eigenvalue weighted by atomic mass is 16.6. The number of hydrogen-bond donors (Lipinski definition) is 1. The summed E-state index contributed by atoms with van der Waals surface area (Å²) in [5.41, 5.74) is 1.05. The average Bonchev–Trinajstić information content (AvgIpc) is 2.66. The van der Waals surface area contributed by atoms with Crippen LogP contribution < -0.4 is 0 Å². The molecule has 2 aromatic rings. The van der Waals surface area contributed by atoms with Crippen LogP contribution in [0.25, 0.3) is 11.0 Å². The van der Waals surface area contributed by atoms with Gasteiger partial charge in [0, 0.05) is 17.7 Å². The molecule has 1 atom stereocenters. The molecule has 0 amide bonds. The highest BCUT2D eigenvalue weighted by molar-refractivity contribution is 5.79. The average molecular weight is 263 g/mol. The van der Waals surface area contributed by atoms with Gasteiger partial charge < -0.3 is 9.67 Å². The van der Waals surface area contributed by atoms with Crippen molar-refractivity contribution in [2.75, 3.05) is 0 Å². The number of aliphatic hydroxyl groups is 1. The maximum atomic E-state index is 10.8. The predicted molar refractivity (Wildman–Crippen MR) is 72.0 cm³/mol. The summed E-state index contributed by atoms with van der Waals surface area (Å²) in [5, 5.41) is 20.6. The summed E-state index contributed by atoms with van der Waals surface area (Å²) in [4.78, 5) is 14.7. The second kappa shape index (κ2) is 4.31. The number of non-ortho nitro benzene ring substituents is 1. The molecule has 0 bridgehead atoms. The molecular weight excluding hydrogens is 246 g/mol. The molecule has 1 N–H and O–H groups in total. The third-order valence-corrected chi connectivity index (χ3v) is 2.92. The van der Waals surface area contributed by atoms with E-state index >= 15 is 0 Å². The lowest BCUT2D eigenvalue weighted by atomic mass is 10.1. The van der Waals surface area contributed by atoms with E-state index in [-0.39, 0.29) is 11.2 Å². The number of nitro groups is 1. The Kier molecular flexibility index (Phi) is 3.06. The third kappa shape index (κ3) is 2.31. The largest absolute Gasteiger partial charge is 0.385 e. The Morgan fingerprint density at radius 1 is 1.42 bits per heavy atom. The molecule has 0 saturated heterocycles. The van der Waals surface area contributed by atoms with E-state index in [0.29, 0.717) is 11.3 Å². The first-order chi connectivity index (χ1) is 8.71. The molecule has 0 spiro atoms. The summed E-state index contributed by atoms with van der Waals surface area (Å²) >= 11 is 0. The standard InChI is InChI=1S/C13H17N3O3/c1-8(17)12-14-10-7-9(16(18)19)5-6-11(10)15(12)13(2,3)4/h5-8,17H,1-4H3. The fourth-order valence-electron chi connectivity index (χ4n) is 2.19. The minimum atomic E-state index is -0.731. The third-order valence-electron chi connectivity index (χ3n) is 2.92. The summed E-state index contributed by atoms with van der Waals surface area (Å²) in [5.74, 6) is 0.517. The van der Waals surface area contributed by atoms with Crippen LogP contribution in [0.4, 0.5) is 5.69 Å². The summed E-state index contributed by atoms with van der Waals surface area (Å²) in [6.45, 7) is 7.64. The molecule has 6 nitrogen and oxygen atoms in total. The Morgan fingerprint density at radius 2 is 2.05 bits per heavy atom. The topological polar surface area (TPSA) is 81.2 Å². The van der Waals surface area contributed by atoms with Crippen LogP contribution in [0.2, 0.25) is 0 Å². The molecule has 1 unspecified atom stereocenters. The van der Waals surface area contributed by atoms with Gasteiger partial charge in [0.25, 0.3) is 5.69 Å². The lowest BCUT2D eigenvalue weighted by molar-refractivity contribution is -0.384. The zero-order valence-electron chi connectivity index (χ0n) is 11.4. The minimum Gasteiger partial charge on any atom is -0.385 e. The van der Waals surface area contributed by atoms with Gasteiger partial charge in [-0.3, -0.25) is 10.1 Å². The predicted octanol–water partition coefficient (Wildman–Crippen LogP) is 2.75. The Bertz CT molecular complexity index is 638. The van der Waals surface area contributed by atoms with Crippen molar-refractivity contribution < 1.29 is 10.0 Å². The Hall–Kier alpha value is -1.95. The van der Waals surface area contributed by atoms with Crippen molar-refractivity contribution in [1.82, 2.24) is 9.55 Å². The number of fused-ring (bicyclic) bond motifs is 1. The molecule has 6 heteroatoms. The van der Waals surface area contributed by atoms with E-state index in [1.165, 1.54) is 12.1 Å². The van der Waals surface area contributed by atoms with Crippen molar-refractivity contribution in [2.45, 2.75) is 39.3 Å². The van der Waals surface area contributed by atoms with Gasteiger partial charge in [0.2, 0.25) is 0 Å². The summed E-state index contributed by atoms with van der Waals surface area (Å²) < 4.78 is 1.91. The highest BCUT2D eigenvalue weighted by Gasteiger charge is 2.24. The van der Waals surface area contributed by atoms with E-state index in [4.69, 9.17) is 0 Å². The molecule has 1 aromatic carbocycles. The monoisotopic (exact) mass is 263 g/mol. The van der Waals surface area contributed by atoms with Gasteiger partial charge in [-0.15, -0.1) is 0 Å². The number of nitrogens with zero attached hydrogens (tertiary/aromatic N) is 3. The lowest BCUT2D eigenvalue weighted by Crippen LogP contribution is -2.24. The summed E-state index contributed by atoms with van der Waals surface area (Å²) in [6, 6.07) is 4.57. The molecule has 0 aliphatic carbocycles. The number of aliphatic hydroxyl groups excluding tert-OH is 1. The maximum absolute atomic E-state index is 10.8. The van der Waals surface area contributed by atoms with Crippen molar-refractivity contribution in [1.29, 1.82) is 0 Å². The number of rotatable bonds is 2. The van der Waals surface area contributed by atoms with Crippen LogP contribution in [-0.4, -0.2) is 19.6 Å². The fraction of sp³-hybridized carbons (Fsp3) is 0.462. The van der Waals surface area contributed by atoms with Crippen LogP contribution in [0.1, 0.15) is 39.6 Å². The smallest absolute Gasteiger partial charge is 0.271 e. The molecule has 1 aromatic heterocycles. The van der Waals surface area contributed by atoms with Gasteiger partial charge in [0.05, 0.1) is 16.0 Å². The van der Waals surface area contributed by atoms with E-state index in [1.54, 1.807) is 13.0 Å². The molecule has 0 aliphatic rings. The second-order valence-corrected chi connectivity index (χ2v) is 5.58. The number of benzene rings is 1. The van der Waals surface area contributed by atoms with Crippen LogP contribution in [-0.2, 0) is 5.54 Å². The molecule has 0 aliphatic heterocycles. The van der Waals surface area contributed by atoms with Gasteiger partial charge in [-0.1, -0.05) is 0 Å². The first-order valence-electron chi connectivity index (χ1n) is 6.07. The van der Waals surface area contributed by atoms with Gasteiger partial charge in [0.15, 0.2) is 0 Å². The second-order valence-electron chi connectivity index (χ2n) is 5.58. The summed E-state index contributed by atoms with van der Waals surface area (Å²) in [6.07, 6.45) is -0.731. The van der Waals surface area contributed by atoms with E-state index in [2.05, 4.69) is 4.98 Å². The van der Waals surface area contributed by atoms with Gasteiger partial charge in [-0.2, -0.15) is 0 Å². The van der Waals surface area contributed by atoms with E-state index in [1.807, 2.05) is 25.3 Å². The Labute approximate surface area is 110 Å². The number of hydrogen-bond acceptors (Lipinski definition) is 4. The van der Waals surface area contributed by atoms with E-state index < -0.39 is 11.0 Å². The highest BCUT2D eigenvalue weighted by Crippen LogP contribution is 2.30. The van der Waals surface area contributed by atoms with Crippen molar-refractivity contribution >= 4 is 16.7 Å². The van der Waals surface area contributed by atoms with Gasteiger partial charge in [-0.05, 0) is 33.8 Å². The fourth-order valence-corrected chi connectivity index (χ4v) is 2.19. The Morgan fingerprint density at radius 3 is 2.53 bits per heavy atom. The van der Waals surface area contributed by atoms with Crippen LogP contribution in [0.3, 0.4) is 0 Å². The number of nitro benzene ring substituents is 1. The molecule has 1 heterocycles. The number of imidazole rings is 1. The zero-order valence-corrected chi connectivity index (χ0v) is 11.4. The molecule has 19 heavy (non-hydrogen) atoms. The van der Waals surface area contributed by atoms with Crippen LogP contribution >= 0.6 is 0 Å². The van der Waals surface area contributed by atoms with E-state index in [9.17, 15) is 15.2 Å². The minimum absolute atomic E-state index is 0.00296. The number of aromatic nitrogens is 2. The van der Waals surface area contributed by atoms with Gasteiger partial charge in [0.1, 0.15) is 11.9 Å². The lowest BCUT2D eigenvalue weighted by Gasteiger charge is -2.25. The first kappa shape index (κ1) is 13.5. The Balaban J connectivity index is 2.78. The summed E-state index contributed by atoms with van der Waals surface area (Å²) in [7, 11) is 0. The molecular formula is C13H17N3O3. The quantitative estimate of drug-likeness (QED) is 0.667. The molecule has 102 valence electrons. The van der Waals surface area contributed by atoms with Gasteiger partial charge >= 0.3 is 0 Å². The van der Waals surface area contributed by atoms with Crippen molar-refractivity contribution in [3.8, 4) is 0 Å². The first-order valence-corrected chi connectivity index (χ1v) is 6.07. The maximum Gasteiger partial charge on any atom is 0.271 e. The van der Waals surface area contributed by atoms with Crippen LogP contribution in [0.5, 0.6) is 0 Å². The molecule has 0 radical (unpaired) electrons. The van der Waals surface area contributed by atoms with Crippen LogP contribution in [0, 0.1) is 10.1 Å². The molecule has 2 rings (SSSR count). The normalized spacial score (nSPS) is 13.7. The molecule has 0 saturated carbocycles. The van der Waals surface area contributed by atoms with Crippen molar-refractivity contribution in [2.24, 2.45) is 0 Å². The molecule has 0 fully saturated rings. The van der Waals surface area contributed by atoms with Crippen molar-refractivity contribution in [3.63, 3.8) is 0 Å². The van der Waals surface area contributed by atoms with Crippen LogP contribution in [0.15, 0.2) is 18.2 Å².